The van der Waals surface area contributed by atoms with Crippen LogP contribution in [0.2, 0.25) is 0 Å². The van der Waals surface area contributed by atoms with E-state index in [0.717, 1.165) is 0 Å². The molecule has 0 aromatic heterocycles. The van der Waals surface area contributed by atoms with Gasteiger partial charge in [-0.1, -0.05) is 59.7 Å². The largest absolute Gasteiger partial charge is 0.484 e. The van der Waals surface area contributed by atoms with E-state index in [2.05, 4.69) is 31.4 Å². The van der Waals surface area contributed by atoms with Crippen molar-refractivity contribution in [3.05, 3.63) is 54.1 Å². The maximum absolute atomic E-state index is 12.2. The van der Waals surface area contributed by atoms with Gasteiger partial charge in [-0.25, -0.2) is 0 Å². The number of nitrogens with one attached hydrogen (secondary N) is 2. The number of amides is 2. The molecule has 0 aliphatic carbocycles. The maximum Gasteiger partial charge on any atom is 0.262 e. The molecule has 0 spiro atoms. The van der Waals surface area contributed by atoms with Gasteiger partial charge in [0.25, 0.3) is 5.91 Å². The Kier molecular flexibility index (Phi) is 6.49. The van der Waals surface area contributed by atoms with E-state index in [9.17, 15) is 9.59 Å². The summed E-state index contributed by atoms with van der Waals surface area (Å²) in [6.07, 6.45) is 0. The molecule has 0 radical (unpaired) electrons. The minimum absolute atomic E-state index is 0.0727. The summed E-state index contributed by atoms with van der Waals surface area (Å²) >= 11 is 0. The molecule has 28 heavy (non-hydrogen) atoms. The summed E-state index contributed by atoms with van der Waals surface area (Å²) < 4.78 is 5.57. The van der Waals surface area contributed by atoms with Crippen LogP contribution in [0.3, 0.4) is 0 Å². The van der Waals surface area contributed by atoms with Crippen molar-refractivity contribution in [2.75, 3.05) is 17.2 Å². The summed E-state index contributed by atoms with van der Waals surface area (Å²) in [6, 6.07) is 14.8. The summed E-state index contributed by atoms with van der Waals surface area (Å²) in [5.41, 5.74) is 2.03. The molecule has 2 aromatic carbocycles. The fourth-order valence-electron chi connectivity index (χ4n) is 2.39. The smallest absolute Gasteiger partial charge is 0.262 e. The Hall–Kier alpha value is -2.82. The number of anilines is 2. The molecular weight excluding hydrogens is 352 g/mol. The van der Waals surface area contributed by atoms with Crippen LogP contribution in [0.15, 0.2) is 48.5 Å². The van der Waals surface area contributed by atoms with Crippen LogP contribution in [0.5, 0.6) is 5.75 Å². The number of carbonyl (C=O) groups is 2. The first-order chi connectivity index (χ1) is 12.9. The van der Waals surface area contributed by atoms with E-state index in [1.54, 1.807) is 24.3 Å². The van der Waals surface area contributed by atoms with Crippen LogP contribution >= 0.6 is 0 Å². The predicted molar refractivity (Wildman–Crippen MR) is 114 cm³/mol. The van der Waals surface area contributed by atoms with E-state index in [4.69, 9.17) is 4.74 Å². The molecule has 2 N–H and O–H groups in total. The average Bonchev–Trinajstić information content (AvgIpc) is 2.59. The first kappa shape index (κ1) is 21.5. The third-order valence-corrected chi connectivity index (χ3v) is 4.18. The molecule has 0 unspecified atom stereocenters. The molecule has 150 valence electrons. The Balaban J connectivity index is 1.91. The number of carbonyl (C=O) groups excluding carboxylic acids is 2. The van der Waals surface area contributed by atoms with Crippen molar-refractivity contribution in [1.29, 1.82) is 0 Å². The fraction of sp³-hybridized carbons (Fsp3) is 0.391. The highest BCUT2D eigenvalue weighted by molar-refractivity contribution is 5.96. The molecule has 2 rings (SSSR count). The fourth-order valence-corrected chi connectivity index (χ4v) is 2.39. The van der Waals surface area contributed by atoms with E-state index >= 15 is 0 Å². The van der Waals surface area contributed by atoms with Gasteiger partial charge in [0.1, 0.15) is 5.75 Å². The topological polar surface area (TPSA) is 67.4 Å². The third kappa shape index (κ3) is 6.41. The van der Waals surface area contributed by atoms with Crippen LogP contribution in [-0.4, -0.2) is 18.4 Å². The molecule has 0 heterocycles. The normalized spacial score (nSPS) is 11.6. The lowest BCUT2D eigenvalue weighted by molar-refractivity contribution is -0.123. The van der Waals surface area contributed by atoms with Crippen molar-refractivity contribution in [3.63, 3.8) is 0 Å². The molecule has 0 fully saturated rings. The summed E-state index contributed by atoms with van der Waals surface area (Å²) in [7, 11) is 0. The zero-order valence-electron chi connectivity index (χ0n) is 17.6. The lowest BCUT2D eigenvalue weighted by Crippen LogP contribution is -2.27. The molecule has 0 atom stereocenters. The highest BCUT2D eigenvalue weighted by atomic mass is 16.5. The van der Waals surface area contributed by atoms with Gasteiger partial charge in [-0.3, -0.25) is 9.59 Å². The predicted octanol–water partition coefficient (Wildman–Crippen LogP) is 4.99. The zero-order valence-corrected chi connectivity index (χ0v) is 17.6. The van der Waals surface area contributed by atoms with E-state index in [-0.39, 0.29) is 23.8 Å². The van der Waals surface area contributed by atoms with Gasteiger partial charge >= 0.3 is 0 Å². The van der Waals surface area contributed by atoms with E-state index in [1.807, 2.05) is 45.0 Å². The van der Waals surface area contributed by atoms with Crippen LogP contribution < -0.4 is 15.4 Å². The minimum atomic E-state index is -0.490. The minimum Gasteiger partial charge on any atom is -0.484 e. The molecule has 0 saturated heterocycles. The second-order valence-corrected chi connectivity index (χ2v) is 8.90. The van der Waals surface area contributed by atoms with Gasteiger partial charge in [0.15, 0.2) is 6.61 Å². The van der Waals surface area contributed by atoms with Crippen LogP contribution in [-0.2, 0) is 15.0 Å². The Morgan fingerprint density at radius 2 is 1.43 bits per heavy atom. The monoisotopic (exact) mass is 382 g/mol. The quantitative estimate of drug-likeness (QED) is 0.766. The van der Waals surface area contributed by atoms with E-state index < -0.39 is 5.41 Å². The Morgan fingerprint density at radius 3 is 1.96 bits per heavy atom. The van der Waals surface area contributed by atoms with Crippen LogP contribution in [0.25, 0.3) is 0 Å². The molecule has 0 aliphatic heterocycles. The van der Waals surface area contributed by atoms with Gasteiger partial charge in [-0.2, -0.15) is 0 Å². The Labute approximate surface area is 167 Å². The Morgan fingerprint density at radius 1 is 0.857 bits per heavy atom. The SMILES string of the molecule is CC(C)(C)C(=O)Nc1cccc(NC(=O)COc2ccc(C(C)(C)C)cc2)c1. The van der Waals surface area contributed by atoms with Crippen LogP contribution in [0.4, 0.5) is 11.4 Å². The number of hydrogen-bond donors (Lipinski definition) is 2. The molecule has 5 heteroatoms. The third-order valence-electron chi connectivity index (χ3n) is 4.18. The van der Waals surface area contributed by atoms with Crippen molar-refractivity contribution in [2.24, 2.45) is 5.41 Å². The van der Waals surface area contributed by atoms with Crippen molar-refractivity contribution >= 4 is 23.2 Å². The second kappa shape index (κ2) is 8.46. The lowest BCUT2D eigenvalue weighted by atomic mass is 9.87. The standard InChI is InChI=1S/C23H30N2O3/c1-22(2,3)16-10-12-19(13-11-16)28-15-20(26)24-17-8-7-9-18(14-17)25-21(27)23(4,5)6/h7-14H,15H2,1-6H3,(H,24,26)(H,25,27). The molecule has 5 nitrogen and oxygen atoms in total. The van der Waals surface area contributed by atoms with Gasteiger partial charge in [0.05, 0.1) is 0 Å². The number of ether oxygens (including phenoxy) is 1. The molecule has 2 amide bonds. The van der Waals surface area contributed by atoms with Crippen molar-refractivity contribution in [2.45, 2.75) is 47.0 Å². The molecular formula is C23H30N2O3. The van der Waals surface area contributed by atoms with Crippen LogP contribution in [0.1, 0.15) is 47.1 Å². The van der Waals surface area contributed by atoms with Gasteiger partial charge in [0.2, 0.25) is 5.91 Å². The summed E-state index contributed by atoms with van der Waals surface area (Å²) in [6.45, 7) is 11.9. The van der Waals surface area contributed by atoms with Crippen molar-refractivity contribution in [1.82, 2.24) is 0 Å². The molecule has 0 saturated carbocycles. The van der Waals surface area contributed by atoms with Crippen molar-refractivity contribution in [3.8, 4) is 5.75 Å². The highest BCUT2D eigenvalue weighted by Gasteiger charge is 2.21. The number of benzene rings is 2. The average molecular weight is 383 g/mol. The number of hydrogen-bond acceptors (Lipinski definition) is 3. The molecule has 2 aromatic rings. The van der Waals surface area contributed by atoms with Gasteiger partial charge in [0, 0.05) is 16.8 Å². The molecule has 0 bridgehead atoms. The zero-order chi connectivity index (χ0) is 20.9. The second-order valence-electron chi connectivity index (χ2n) is 8.90. The maximum atomic E-state index is 12.2. The van der Waals surface area contributed by atoms with Gasteiger partial charge < -0.3 is 15.4 Å². The van der Waals surface area contributed by atoms with E-state index in [0.29, 0.717) is 17.1 Å². The first-order valence-electron chi connectivity index (χ1n) is 9.40. The van der Waals surface area contributed by atoms with Crippen LogP contribution in [0, 0.1) is 5.41 Å². The summed E-state index contributed by atoms with van der Waals surface area (Å²) in [5, 5.41) is 5.63. The number of rotatable bonds is 5. The van der Waals surface area contributed by atoms with Crippen molar-refractivity contribution < 1.29 is 14.3 Å². The Bertz CT molecular complexity index is 828. The van der Waals surface area contributed by atoms with E-state index in [1.165, 1.54) is 5.56 Å². The summed E-state index contributed by atoms with van der Waals surface area (Å²) in [5.74, 6) is 0.298. The van der Waals surface area contributed by atoms with Gasteiger partial charge in [-0.05, 0) is 41.3 Å². The lowest BCUT2D eigenvalue weighted by Gasteiger charge is -2.19. The van der Waals surface area contributed by atoms with Gasteiger partial charge in [-0.15, -0.1) is 0 Å². The molecule has 0 aliphatic rings. The summed E-state index contributed by atoms with van der Waals surface area (Å²) in [4.78, 5) is 24.3. The highest BCUT2D eigenvalue weighted by Crippen LogP contribution is 2.24. The first-order valence-corrected chi connectivity index (χ1v) is 9.40.